The second-order valence-corrected chi connectivity index (χ2v) is 1.82. The summed E-state index contributed by atoms with van der Waals surface area (Å²) in [5.41, 5.74) is 1.04. The van der Waals surface area contributed by atoms with Crippen molar-refractivity contribution in [2.24, 2.45) is 0 Å². The van der Waals surface area contributed by atoms with Gasteiger partial charge in [0.1, 0.15) is 0 Å². The average Bonchev–Trinajstić information content (AvgIpc) is 2.40. The molecule has 12 heavy (non-hydrogen) atoms. The van der Waals surface area contributed by atoms with Gasteiger partial charge in [0.2, 0.25) is 0 Å². The number of aryl methyl sites for hydroxylation is 1. The van der Waals surface area contributed by atoms with Gasteiger partial charge in [-0.2, -0.15) is 0 Å². The van der Waals surface area contributed by atoms with Gasteiger partial charge in [0, 0.05) is 6.20 Å². The van der Waals surface area contributed by atoms with Gasteiger partial charge in [-0.3, -0.25) is 0 Å². The van der Waals surface area contributed by atoms with Crippen LogP contribution in [-0.2, 0) is 9.59 Å². The molecule has 6 nitrogen and oxygen atoms in total. The lowest BCUT2D eigenvalue weighted by Crippen LogP contribution is -2.09. The van der Waals surface area contributed by atoms with Crippen molar-refractivity contribution >= 4 is 11.9 Å². The van der Waals surface area contributed by atoms with E-state index in [1.54, 1.807) is 6.33 Å². The molecule has 0 aliphatic heterocycles. The molecule has 0 atom stereocenters. The van der Waals surface area contributed by atoms with Crippen LogP contribution in [0.3, 0.4) is 0 Å². The maximum Gasteiger partial charge on any atom is 0.414 e. The first kappa shape index (κ1) is 10.2. The molecule has 1 rings (SSSR count). The van der Waals surface area contributed by atoms with Crippen LogP contribution in [0.2, 0.25) is 0 Å². The van der Waals surface area contributed by atoms with E-state index in [0.717, 1.165) is 5.69 Å². The Labute approximate surface area is 67.9 Å². The fraction of sp³-hybridized carbons (Fsp3) is 0.167. The SMILES string of the molecule is Cc1c[nH]cn1.O=C(O)C(=O)O. The average molecular weight is 172 g/mol. The highest BCUT2D eigenvalue weighted by Gasteiger charge is 2.04. The molecule has 0 fully saturated rings. The number of aromatic amines is 1. The number of carbonyl (C=O) groups is 2. The number of aliphatic carboxylic acids is 2. The second kappa shape index (κ2) is 4.89. The van der Waals surface area contributed by atoms with Crippen molar-refractivity contribution < 1.29 is 19.8 Å². The van der Waals surface area contributed by atoms with Crippen molar-refractivity contribution in [3.05, 3.63) is 18.2 Å². The Bertz CT molecular complexity index is 243. The third-order valence-corrected chi connectivity index (χ3v) is 0.818. The third-order valence-electron chi connectivity index (χ3n) is 0.818. The van der Waals surface area contributed by atoms with Gasteiger partial charge in [0.15, 0.2) is 0 Å². The number of H-pyrrole nitrogens is 1. The summed E-state index contributed by atoms with van der Waals surface area (Å²) in [6, 6.07) is 0. The zero-order valence-electron chi connectivity index (χ0n) is 6.31. The van der Waals surface area contributed by atoms with Crippen LogP contribution in [-0.4, -0.2) is 32.1 Å². The van der Waals surface area contributed by atoms with Gasteiger partial charge in [-0.1, -0.05) is 0 Å². The molecule has 6 heteroatoms. The van der Waals surface area contributed by atoms with Gasteiger partial charge in [0.05, 0.1) is 12.0 Å². The first-order valence-corrected chi connectivity index (χ1v) is 2.95. The Morgan fingerprint density at radius 2 is 1.92 bits per heavy atom. The minimum atomic E-state index is -1.82. The van der Waals surface area contributed by atoms with Crippen LogP contribution in [0, 0.1) is 6.92 Å². The van der Waals surface area contributed by atoms with Crippen LogP contribution < -0.4 is 0 Å². The normalized spacial score (nSPS) is 8.08. The molecular weight excluding hydrogens is 164 g/mol. The van der Waals surface area contributed by atoms with Crippen LogP contribution in [0.5, 0.6) is 0 Å². The van der Waals surface area contributed by atoms with Gasteiger partial charge in [-0.05, 0) is 6.92 Å². The van der Waals surface area contributed by atoms with Crippen molar-refractivity contribution in [3.63, 3.8) is 0 Å². The van der Waals surface area contributed by atoms with Crippen LogP contribution in [0.15, 0.2) is 12.5 Å². The Kier molecular flexibility index (Phi) is 4.13. The lowest BCUT2D eigenvalue weighted by atomic mass is 10.6. The smallest absolute Gasteiger partial charge is 0.414 e. The summed E-state index contributed by atoms with van der Waals surface area (Å²) in [5.74, 6) is -3.65. The molecule has 0 amide bonds. The van der Waals surface area contributed by atoms with E-state index in [0.29, 0.717) is 0 Å². The van der Waals surface area contributed by atoms with Crippen molar-refractivity contribution in [1.29, 1.82) is 0 Å². The van der Waals surface area contributed by atoms with E-state index in [-0.39, 0.29) is 0 Å². The summed E-state index contributed by atoms with van der Waals surface area (Å²) in [6.45, 7) is 1.94. The molecule has 0 aromatic carbocycles. The first-order chi connectivity index (χ1) is 5.54. The topological polar surface area (TPSA) is 103 Å². The van der Waals surface area contributed by atoms with E-state index in [1.807, 2.05) is 13.1 Å². The fourth-order valence-corrected chi connectivity index (χ4v) is 0.334. The molecule has 3 N–H and O–H groups in total. The molecule has 0 aliphatic rings. The minimum absolute atomic E-state index is 1.04. The number of hydrogen-bond acceptors (Lipinski definition) is 3. The molecule has 0 aliphatic carbocycles. The van der Waals surface area contributed by atoms with Gasteiger partial charge >= 0.3 is 11.9 Å². The van der Waals surface area contributed by atoms with E-state index < -0.39 is 11.9 Å². The first-order valence-electron chi connectivity index (χ1n) is 2.95. The highest BCUT2D eigenvalue weighted by atomic mass is 16.4. The van der Waals surface area contributed by atoms with Gasteiger partial charge in [-0.25, -0.2) is 14.6 Å². The molecule has 0 saturated heterocycles. The Hall–Kier alpha value is -1.85. The Morgan fingerprint density at radius 1 is 1.42 bits per heavy atom. The van der Waals surface area contributed by atoms with Crippen molar-refractivity contribution in [2.45, 2.75) is 6.92 Å². The monoisotopic (exact) mass is 172 g/mol. The Morgan fingerprint density at radius 3 is 2.00 bits per heavy atom. The van der Waals surface area contributed by atoms with E-state index in [2.05, 4.69) is 9.97 Å². The highest BCUT2D eigenvalue weighted by Crippen LogP contribution is 1.81. The van der Waals surface area contributed by atoms with Crippen LogP contribution in [0.4, 0.5) is 0 Å². The highest BCUT2D eigenvalue weighted by molar-refractivity contribution is 6.27. The maximum atomic E-state index is 9.10. The van der Waals surface area contributed by atoms with Crippen molar-refractivity contribution in [3.8, 4) is 0 Å². The number of carboxylic acid groups (broad SMARTS) is 2. The number of imidazole rings is 1. The van der Waals surface area contributed by atoms with Crippen LogP contribution in [0.25, 0.3) is 0 Å². The predicted octanol–water partition coefficient (Wildman–Crippen LogP) is -0.126. The number of rotatable bonds is 0. The molecule has 1 heterocycles. The predicted molar refractivity (Wildman–Crippen MR) is 38.6 cm³/mol. The van der Waals surface area contributed by atoms with E-state index >= 15 is 0 Å². The molecule has 66 valence electrons. The summed E-state index contributed by atoms with van der Waals surface area (Å²) in [6.07, 6.45) is 3.51. The minimum Gasteiger partial charge on any atom is -0.473 e. The zero-order chi connectivity index (χ0) is 9.56. The van der Waals surface area contributed by atoms with Crippen molar-refractivity contribution in [1.82, 2.24) is 9.97 Å². The molecule has 1 aromatic heterocycles. The summed E-state index contributed by atoms with van der Waals surface area (Å²) in [7, 11) is 0. The number of nitrogens with one attached hydrogen (secondary N) is 1. The molecule has 0 saturated carbocycles. The summed E-state index contributed by atoms with van der Waals surface area (Å²) in [5, 5.41) is 14.8. The number of aromatic nitrogens is 2. The van der Waals surface area contributed by atoms with Gasteiger partial charge < -0.3 is 15.2 Å². The lowest BCUT2D eigenvalue weighted by molar-refractivity contribution is -0.159. The molecule has 0 spiro atoms. The third kappa shape index (κ3) is 4.98. The summed E-state index contributed by atoms with van der Waals surface area (Å²) < 4.78 is 0. The number of nitrogens with zero attached hydrogens (tertiary/aromatic N) is 1. The van der Waals surface area contributed by atoms with Gasteiger partial charge in [0.25, 0.3) is 0 Å². The van der Waals surface area contributed by atoms with E-state index in [9.17, 15) is 0 Å². The molecule has 0 unspecified atom stereocenters. The fourth-order valence-electron chi connectivity index (χ4n) is 0.334. The molecule has 1 aromatic rings. The van der Waals surface area contributed by atoms with Gasteiger partial charge in [-0.15, -0.1) is 0 Å². The lowest BCUT2D eigenvalue weighted by Gasteiger charge is -1.72. The summed E-state index contributed by atoms with van der Waals surface area (Å²) in [4.78, 5) is 24.9. The quantitative estimate of drug-likeness (QED) is 0.473. The molecule has 0 radical (unpaired) electrons. The van der Waals surface area contributed by atoms with Crippen LogP contribution >= 0.6 is 0 Å². The Balaban J connectivity index is 0.000000202. The zero-order valence-corrected chi connectivity index (χ0v) is 6.31. The van der Waals surface area contributed by atoms with Crippen LogP contribution in [0.1, 0.15) is 5.69 Å². The number of hydrogen-bond donors (Lipinski definition) is 3. The van der Waals surface area contributed by atoms with E-state index in [4.69, 9.17) is 19.8 Å². The maximum absolute atomic E-state index is 9.10. The van der Waals surface area contributed by atoms with E-state index in [1.165, 1.54) is 0 Å². The number of carboxylic acids is 2. The van der Waals surface area contributed by atoms with Crippen molar-refractivity contribution in [2.75, 3.05) is 0 Å². The standard InChI is InChI=1S/C4H6N2.C2H2O4/c1-4-2-5-3-6-4;3-1(4)2(5)6/h2-3H,1H3,(H,5,6);(H,3,4)(H,5,6). The summed E-state index contributed by atoms with van der Waals surface area (Å²) >= 11 is 0. The molecule has 0 bridgehead atoms. The second-order valence-electron chi connectivity index (χ2n) is 1.82. The largest absolute Gasteiger partial charge is 0.473 e. The molecular formula is C6H8N2O4.